The van der Waals surface area contributed by atoms with Gasteiger partial charge in [0.1, 0.15) is 0 Å². The summed E-state index contributed by atoms with van der Waals surface area (Å²) in [7, 11) is 0. The van der Waals surface area contributed by atoms with E-state index >= 15 is 0 Å². The number of piperidine rings is 1. The predicted molar refractivity (Wildman–Crippen MR) is 80.6 cm³/mol. The topological polar surface area (TPSA) is 12.0 Å². The molecule has 2 atom stereocenters. The number of nitrogens with one attached hydrogen (secondary N) is 1. The van der Waals surface area contributed by atoms with Gasteiger partial charge in [0, 0.05) is 0 Å². The normalized spacial score (nSPS) is 23.8. The van der Waals surface area contributed by atoms with Crippen molar-refractivity contribution in [3.05, 3.63) is 43.0 Å². The van der Waals surface area contributed by atoms with Crippen molar-refractivity contribution in [3.63, 3.8) is 0 Å². The van der Waals surface area contributed by atoms with E-state index in [9.17, 15) is 0 Å². The molecule has 0 aromatic heterocycles. The van der Waals surface area contributed by atoms with Gasteiger partial charge in [-0.2, -0.15) is 0 Å². The van der Waals surface area contributed by atoms with Crippen molar-refractivity contribution in [2.75, 3.05) is 0 Å². The third-order valence-corrected chi connectivity index (χ3v) is 5.95. The second-order valence-electron chi connectivity index (χ2n) is 4.98. The molecular weight excluding hydrogens is 285 g/mol. The average molecular weight is 308 g/mol. The van der Waals surface area contributed by atoms with Gasteiger partial charge in [-0.3, -0.25) is 0 Å². The monoisotopic (exact) mass is 309 g/mol. The van der Waals surface area contributed by atoms with Gasteiger partial charge in [0.2, 0.25) is 0 Å². The maximum atomic E-state index is 3.83. The van der Waals surface area contributed by atoms with Crippen LogP contribution in [0.25, 0.3) is 0 Å². The quantitative estimate of drug-likeness (QED) is 0.629. The summed E-state index contributed by atoms with van der Waals surface area (Å²) in [4.78, 5) is 0. The minimum atomic E-state index is 0.624. The Morgan fingerprint density at radius 2 is 2.00 bits per heavy atom. The second-order valence-corrected chi connectivity index (χ2v) is 7.28. The first-order valence-electron chi connectivity index (χ1n) is 6.93. The van der Waals surface area contributed by atoms with Crippen LogP contribution in [0.3, 0.4) is 0 Å². The fraction of sp³-hybridized carbons (Fsp3) is 0.500. The number of allylic oxidation sites excluding steroid dienone is 1. The van der Waals surface area contributed by atoms with Gasteiger partial charge < -0.3 is 0 Å². The molecule has 0 spiro atoms. The van der Waals surface area contributed by atoms with Crippen molar-refractivity contribution < 1.29 is 0 Å². The van der Waals surface area contributed by atoms with Crippen LogP contribution in [0.2, 0.25) is 5.32 Å². The first kappa shape index (κ1) is 13.9. The zero-order valence-corrected chi connectivity index (χ0v) is 12.7. The van der Waals surface area contributed by atoms with Crippen LogP contribution in [0.1, 0.15) is 32.1 Å². The first-order chi connectivity index (χ1) is 8.88. The van der Waals surface area contributed by atoms with Crippen LogP contribution in [-0.2, 0) is 0 Å². The van der Waals surface area contributed by atoms with E-state index in [1.165, 1.54) is 35.5 Å². The van der Waals surface area contributed by atoms with Gasteiger partial charge in [-0.25, -0.2) is 0 Å². The Morgan fingerprint density at radius 3 is 2.78 bits per heavy atom. The van der Waals surface area contributed by atoms with Crippen LogP contribution < -0.4 is 9.78 Å². The van der Waals surface area contributed by atoms with Gasteiger partial charge in [-0.05, 0) is 0 Å². The molecular formula is C16H23NSe. The van der Waals surface area contributed by atoms with E-state index in [0.717, 1.165) is 18.5 Å². The first-order valence-corrected chi connectivity index (χ1v) is 9.00. The van der Waals surface area contributed by atoms with Crippen molar-refractivity contribution in [1.82, 2.24) is 5.32 Å². The molecule has 2 rings (SSSR count). The van der Waals surface area contributed by atoms with Gasteiger partial charge in [0.15, 0.2) is 0 Å². The van der Waals surface area contributed by atoms with E-state index in [1.807, 2.05) is 6.08 Å². The van der Waals surface area contributed by atoms with Crippen LogP contribution in [0.4, 0.5) is 0 Å². The number of benzene rings is 1. The van der Waals surface area contributed by atoms with Gasteiger partial charge in [0.25, 0.3) is 0 Å². The molecule has 1 aliphatic rings. The minimum absolute atomic E-state index is 0.624. The van der Waals surface area contributed by atoms with Gasteiger partial charge in [-0.15, -0.1) is 0 Å². The Bertz CT molecular complexity index is 349. The number of hydrogen-bond donors (Lipinski definition) is 1. The molecule has 1 heterocycles. The zero-order valence-electron chi connectivity index (χ0n) is 11.0. The molecule has 18 heavy (non-hydrogen) atoms. The third kappa shape index (κ3) is 4.61. The fourth-order valence-electron chi connectivity index (χ4n) is 2.50. The van der Waals surface area contributed by atoms with Gasteiger partial charge in [0.05, 0.1) is 0 Å². The summed E-state index contributed by atoms with van der Waals surface area (Å²) < 4.78 is 1.53. The van der Waals surface area contributed by atoms with Crippen LogP contribution >= 0.6 is 0 Å². The molecule has 0 unspecified atom stereocenters. The van der Waals surface area contributed by atoms with E-state index in [2.05, 4.69) is 42.2 Å². The Morgan fingerprint density at radius 1 is 1.22 bits per heavy atom. The molecule has 98 valence electrons. The Hall–Kier alpha value is -0.561. The van der Waals surface area contributed by atoms with Crippen molar-refractivity contribution in [2.45, 2.75) is 49.5 Å². The molecule has 0 aliphatic carbocycles. The molecule has 0 bridgehead atoms. The summed E-state index contributed by atoms with van der Waals surface area (Å²) in [5.41, 5.74) is 0. The molecule has 2 heteroatoms. The van der Waals surface area contributed by atoms with Crippen molar-refractivity contribution >= 4 is 19.4 Å². The second kappa shape index (κ2) is 7.78. The molecule has 1 aliphatic heterocycles. The number of rotatable bonds is 6. The van der Waals surface area contributed by atoms with Gasteiger partial charge in [-0.1, -0.05) is 0 Å². The molecule has 1 fully saturated rings. The van der Waals surface area contributed by atoms with Crippen molar-refractivity contribution in [1.29, 1.82) is 0 Å². The third-order valence-electron chi connectivity index (χ3n) is 3.49. The van der Waals surface area contributed by atoms with Crippen LogP contribution in [0.5, 0.6) is 0 Å². The summed E-state index contributed by atoms with van der Waals surface area (Å²) in [6.07, 6.45) is 8.55. The van der Waals surface area contributed by atoms with E-state index < -0.39 is 0 Å². The molecule has 1 aromatic rings. The SMILES string of the molecule is C=CCC[C@H]1CCC[C@@H](C[Se]c2ccccc2)N1. The molecule has 1 N–H and O–H groups in total. The van der Waals surface area contributed by atoms with E-state index in [4.69, 9.17) is 0 Å². The summed E-state index contributed by atoms with van der Waals surface area (Å²) in [5.74, 6) is 0. The summed E-state index contributed by atoms with van der Waals surface area (Å²) in [6.45, 7) is 3.82. The molecule has 0 saturated carbocycles. The molecule has 1 nitrogen and oxygen atoms in total. The summed E-state index contributed by atoms with van der Waals surface area (Å²) in [6, 6.07) is 12.4. The standard InChI is InChI=1S/C16H23NSe/c1-2-3-8-14-9-7-10-15(17-14)13-18-16-11-5-4-6-12-16/h2,4-6,11-12,14-15,17H,1,3,7-10,13H2/t14-,15-/m0/s1. The summed E-state index contributed by atoms with van der Waals surface area (Å²) in [5, 5.41) is 5.16. The Labute approximate surface area is 117 Å². The van der Waals surface area contributed by atoms with Crippen LogP contribution in [-0.4, -0.2) is 27.0 Å². The Balaban J connectivity index is 1.74. The van der Waals surface area contributed by atoms with E-state index in [1.54, 1.807) is 0 Å². The molecule has 1 aromatic carbocycles. The van der Waals surface area contributed by atoms with Crippen LogP contribution in [0.15, 0.2) is 43.0 Å². The van der Waals surface area contributed by atoms with Crippen LogP contribution in [0, 0.1) is 0 Å². The van der Waals surface area contributed by atoms with E-state index in [-0.39, 0.29) is 0 Å². The molecule has 1 saturated heterocycles. The number of hydrogen-bond acceptors (Lipinski definition) is 1. The zero-order chi connectivity index (χ0) is 12.6. The van der Waals surface area contributed by atoms with Crippen molar-refractivity contribution in [2.24, 2.45) is 0 Å². The molecule has 0 amide bonds. The van der Waals surface area contributed by atoms with E-state index in [0.29, 0.717) is 15.0 Å². The molecule has 0 radical (unpaired) electrons. The van der Waals surface area contributed by atoms with Gasteiger partial charge >= 0.3 is 117 Å². The predicted octanol–water partition coefficient (Wildman–Crippen LogP) is 2.91. The average Bonchev–Trinajstić information content (AvgIpc) is 2.44. The maximum absolute atomic E-state index is 3.83. The van der Waals surface area contributed by atoms with Crippen molar-refractivity contribution in [3.8, 4) is 0 Å². The fourth-order valence-corrected chi connectivity index (χ4v) is 4.61. The summed E-state index contributed by atoms with van der Waals surface area (Å²) >= 11 is 0.624. The Kier molecular flexibility index (Phi) is 5.99.